The Kier molecular flexibility index (Phi) is 12.9. The number of benzene rings is 2. The molecule has 0 aromatic heterocycles. The van der Waals surface area contributed by atoms with Crippen LogP contribution in [0.4, 0.5) is 5.69 Å². The summed E-state index contributed by atoms with van der Waals surface area (Å²) in [6, 6.07) is 13.0. The van der Waals surface area contributed by atoms with Crippen LogP contribution in [0.1, 0.15) is 79.4 Å². The summed E-state index contributed by atoms with van der Waals surface area (Å²) < 4.78 is 6.15. The van der Waals surface area contributed by atoms with Gasteiger partial charge in [0.1, 0.15) is 0 Å². The van der Waals surface area contributed by atoms with Gasteiger partial charge in [0.25, 0.3) is 0 Å². The minimum atomic E-state index is 0.247. The van der Waals surface area contributed by atoms with E-state index in [1.54, 1.807) is 0 Å². The maximum atomic E-state index is 6.15. The normalized spacial score (nSPS) is 18.1. The van der Waals surface area contributed by atoms with Gasteiger partial charge in [0.15, 0.2) is 0 Å². The summed E-state index contributed by atoms with van der Waals surface area (Å²) in [5, 5.41) is 5.89. The van der Waals surface area contributed by atoms with E-state index in [1.165, 1.54) is 28.4 Å². The van der Waals surface area contributed by atoms with E-state index in [-0.39, 0.29) is 6.10 Å². The molecule has 0 saturated carbocycles. The molecule has 2 atom stereocenters. The van der Waals surface area contributed by atoms with Crippen molar-refractivity contribution >= 4 is 16.5 Å². The lowest BCUT2D eigenvalue weighted by atomic mass is 9.99. The number of rotatable bonds is 3. The van der Waals surface area contributed by atoms with Crippen molar-refractivity contribution in [2.24, 2.45) is 0 Å². The second-order valence-electron chi connectivity index (χ2n) is 5.27. The van der Waals surface area contributed by atoms with Gasteiger partial charge in [-0.2, -0.15) is 0 Å². The van der Waals surface area contributed by atoms with Crippen LogP contribution in [-0.4, -0.2) is 13.2 Å². The molecule has 25 heavy (non-hydrogen) atoms. The van der Waals surface area contributed by atoms with Crippen LogP contribution in [0.25, 0.3) is 10.8 Å². The molecule has 0 aliphatic carbocycles. The maximum Gasteiger partial charge on any atom is 0.0849 e. The lowest BCUT2D eigenvalue weighted by molar-refractivity contribution is 0.0432. The fraction of sp³-hybridized carbons (Fsp3) is 0.565. The predicted molar refractivity (Wildman–Crippen MR) is 115 cm³/mol. The zero-order chi connectivity index (χ0) is 19.2. The molecule has 2 heteroatoms. The van der Waals surface area contributed by atoms with E-state index in [0.29, 0.717) is 6.10 Å². The molecule has 0 bridgehead atoms. The summed E-state index contributed by atoms with van der Waals surface area (Å²) in [6.07, 6.45) is 4.10. The first-order valence-electron chi connectivity index (χ1n) is 10.2. The Morgan fingerprint density at radius 2 is 1.48 bits per heavy atom. The predicted octanol–water partition coefficient (Wildman–Crippen LogP) is 7.59. The molecule has 2 aromatic rings. The third-order valence-corrected chi connectivity index (χ3v) is 4.10. The largest absolute Gasteiger partial charge is 0.388 e. The molecule has 2 aromatic carbocycles. The van der Waals surface area contributed by atoms with Crippen LogP contribution < -0.4 is 5.32 Å². The Bertz CT molecular complexity index is 579. The molecule has 1 aliphatic heterocycles. The third kappa shape index (κ3) is 6.36. The molecule has 1 saturated heterocycles. The topological polar surface area (TPSA) is 21.3 Å². The quantitative estimate of drug-likeness (QED) is 0.618. The highest BCUT2D eigenvalue weighted by Gasteiger charge is 2.27. The highest BCUT2D eigenvalue weighted by Crippen LogP contribution is 2.39. The van der Waals surface area contributed by atoms with E-state index in [1.807, 2.05) is 48.6 Å². The SMILES string of the molecule is CC.CC.CC.CC[C@@H]1CC[C@H](c2cc3ccccc3cc2NC)O1. The van der Waals surface area contributed by atoms with Crippen LogP contribution >= 0.6 is 0 Å². The van der Waals surface area contributed by atoms with Crippen LogP contribution in [-0.2, 0) is 4.74 Å². The van der Waals surface area contributed by atoms with E-state index < -0.39 is 0 Å². The highest BCUT2D eigenvalue weighted by atomic mass is 16.5. The Hall–Kier alpha value is -1.54. The molecule has 142 valence electrons. The zero-order valence-electron chi connectivity index (χ0n) is 17.6. The number of fused-ring (bicyclic) bond motifs is 1. The average Bonchev–Trinajstić information content (AvgIpc) is 3.20. The van der Waals surface area contributed by atoms with Crippen molar-refractivity contribution in [3.8, 4) is 0 Å². The lowest BCUT2D eigenvalue weighted by Gasteiger charge is -2.18. The van der Waals surface area contributed by atoms with Crippen LogP contribution in [0, 0.1) is 0 Å². The Morgan fingerprint density at radius 1 is 0.920 bits per heavy atom. The first-order chi connectivity index (χ1) is 12.3. The molecule has 0 spiro atoms. The second kappa shape index (κ2) is 13.7. The van der Waals surface area contributed by atoms with Crippen molar-refractivity contribution < 1.29 is 4.74 Å². The molecule has 2 nitrogen and oxygen atoms in total. The van der Waals surface area contributed by atoms with E-state index in [2.05, 4.69) is 48.6 Å². The number of ether oxygens (including phenoxy) is 1. The number of anilines is 1. The van der Waals surface area contributed by atoms with Gasteiger partial charge in [0.2, 0.25) is 0 Å². The molecule has 1 fully saturated rings. The summed E-state index contributed by atoms with van der Waals surface area (Å²) in [5.41, 5.74) is 2.50. The molecule has 1 heterocycles. The van der Waals surface area contributed by atoms with Crippen molar-refractivity contribution in [2.45, 2.75) is 79.9 Å². The van der Waals surface area contributed by atoms with Crippen molar-refractivity contribution in [2.75, 3.05) is 12.4 Å². The van der Waals surface area contributed by atoms with Gasteiger partial charge in [-0.05, 0) is 42.2 Å². The molecular weight excluding hydrogens is 306 g/mol. The minimum absolute atomic E-state index is 0.247. The van der Waals surface area contributed by atoms with Gasteiger partial charge in [-0.15, -0.1) is 0 Å². The smallest absolute Gasteiger partial charge is 0.0849 e. The Morgan fingerprint density at radius 3 is 1.96 bits per heavy atom. The fourth-order valence-corrected chi connectivity index (χ4v) is 2.98. The summed E-state index contributed by atoms with van der Waals surface area (Å²) in [7, 11) is 1.99. The van der Waals surface area contributed by atoms with Crippen molar-refractivity contribution in [1.29, 1.82) is 0 Å². The van der Waals surface area contributed by atoms with Gasteiger partial charge in [-0.3, -0.25) is 0 Å². The molecule has 0 radical (unpaired) electrons. The third-order valence-electron chi connectivity index (χ3n) is 4.10. The summed E-state index contributed by atoms with van der Waals surface area (Å²) in [4.78, 5) is 0. The highest BCUT2D eigenvalue weighted by molar-refractivity contribution is 5.87. The van der Waals surface area contributed by atoms with Crippen molar-refractivity contribution in [3.05, 3.63) is 42.0 Å². The molecular formula is C23H39NO. The van der Waals surface area contributed by atoms with Gasteiger partial charge >= 0.3 is 0 Å². The van der Waals surface area contributed by atoms with Gasteiger partial charge in [0, 0.05) is 18.3 Å². The van der Waals surface area contributed by atoms with Gasteiger partial charge < -0.3 is 10.1 Å². The first kappa shape index (κ1) is 23.5. The first-order valence-corrected chi connectivity index (χ1v) is 10.2. The van der Waals surface area contributed by atoms with E-state index in [9.17, 15) is 0 Å². The van der Waals surface area contributed by atoms with Crippen LogP contribution in [0.3, 0.4) is 0 Å². The van der Waals surface area contributed by atoms with Gasteiger partial charge in [0.05, 0.1) is 12.2 Å². The summed E-state index contributed by atoms with van der Waals surface area (Å²) >= 11 is 0. The average molecular weight is 346 g/mol. The standard InChI is InChI=1S/C17H21NO.3C2H6/c1-3-14-8-9-17(19-14)15-10-12-6-4-5-7-13(12)11-16(15)18-2;3*1-2/h4-7,10-11,14,17-18H,3,8-9H2,1-2H3;3*1-2H3/t14-,17-;;;/m1.../s1. The zero-order valence-corrected chi connectivity index (χ0v) is 17.6. The fourth-order valence-electron chi connectivity index (χ4n) is 2.98. The van der Waals surface area contributed by atoms with Crippen LogP contribution in [0.2, 0.25) is 0 Å². The number of hydrogen-bond donors (Lipinski definition) is 1. The van der Waals surface area contributed by atoms with Crippen LogP contribution in [0.15, 0.2) is 36.4 Å². The maximum absolute atomic E-state index is 6.15. The van der Waals surface area contributed by atoms with Crippen LogP contribution in [0.5, 0.6) is 0 Å². The van der Waals surface area contributed by atoms with Gasteiger partial charge in [-0.25, -0.2) is 0 Å². The van der Waals surface area contributed by atoms with Crippen molar-refractivity contribution in [1.82, 2.24) is 0 Å². The monoisotopic (exact) mass is 345 g/mol. The second-order valence-corrected chi connectivity index (χ2v) is 5.27. The van der Waals surface area contributed by atoms with E-state index >= 15 is 0 Å². The molecule has 1 aliphatic rings. The van der Waals surface area contributed by atoms with Gasteiger partial charge in [-0.1, -0.05) is 72.7 Å². The molecule has 1 N–H and O–H groups in total. The summed E-state index contributed by atoms with van der Waals surface area (Å²) in [5.74, 6) is 0. The number of hydrogen-bond acceptors (Lipinski definition) is 2. The lowest BCUT2D eigenvalue weighted by Crippen LogP contribution is -2.06. The Balaban J connectivity index is 0.000000871. The minimum Gasteiger partial charge on any atom is -0.388 e. The molecule has 3 rings (SSSR count). The molecule has 0 unspecified atom stereocenters. The van der Waals surface area contributed by atoms with Crippen molar-refractivity contribution in [3.63, 3.8) is 0 Å². The Labute approximate surface area is 156 Å². The van der Waals surface area contributed by atoms with E-state index in [4.69, 9.17) is 4.74 Å². The summed E-state index contributed by atoms with van der Waals surface area (Å²) in [6.45, 7) is 14.2. The molecule has 0 amide bonds. The number of nitrogens with one attached hydrogen (secondary N) is 1. The van der Waals surface area contributed by atoms with E-state index in [0.717, 1.165) is 12.8 Å².